The van der Waals surface area contributed by atoms with Crippen molar-refractivity contribution in [2.75, 3.05) is 7.11 Å². The summed E-state index contributed by atoms with van der Waals surface area (Å²) in [7, 11) is 1.00. The molecule has 122 valence electrons. The van der Waals surface area contributed by atoms with Crippen molar-refractivity contribution in [3.63, 3.8) is 0 Å². The van der Waals surface area contributed by atoms with Crippen LogP contribution in [-0.2, 0) is 20.4 Å². The van der Waals surface area contributed by atoms with Crippen molar-refractivity contribution in [3.05, 3.63) is 82.9 Å². The van der Waals surface area contributed by atoms with E-state index in [4.69, 9.17) is 5.11 Å². The standard InChI is InChI=1S/2C9H7.C2H6Si.CH4O.Zr/c2*1-2-5-9-7-3-6-8(9)4-1;1-3-2;1-2;/h2*1-7H;1-2H3;2H,1H3;. The molecule has 4 rings (SSSR count). The number of aliphatic hydroxyl groups is 1. The SMILES string of the molecule is CO.C[Si](C)=[Zr]([CH]1C=Cc2ccccc21)[CH]1C=Cc2ccccc21. The van der Waals surface area contributed by atoms with E-state index >= 15 is 0 Å². The summed E-state index contributed by atoms with van der Waals surface area (Å²) in [6.07, 6.45) is 9.81. The van der Waals surface area contributed by atoms with Gasteiger partial charge in [0.25, 0.3) is 0 Å². The van der Waals surface area contributed by atoms with Gasteiger partial charge >= 0.3 is 141 Å². The van der Waals surface area contributed by atoms with Crippen LogP contribution < -0.4 is 0 Å². The number of benzene rings is 2. The molecule has 2 aliphatic rings. The summed E-state index contributed by atoms with van der Waals surface area (Å²) in [5.41, 5.74) is 5.92. The van der Waals surface area contributed by atoms with Gasteiger partial charge in [-0.3, -0.25) is 0 Å². The first-order chi connectivity index (χ1) is 11.8. The molecule has 0 bridgehead atoms. The van der Waals surface area contributed by atoms with Crippen LogP contribution in [0.3, 0.4) is 0 Å². The van der Waals surface area contributed by atoms with Gasteiger partial charge in [0.15, 0.2) is 0 Å². The monoisotopic (exact) mass is 410 g/mol. The summed E-state index contributed by atoms with van der Waals surface area (Å²) in [4.78, 5) is 0. The number of fused-ring (bicyclic) bond motifs is 2. The fourth-order valence-electron chi connectivity index (χ4n) is 3.86. The molecule has 0 saturated heterocycles. The van der Waals surface area contributed by atoms with E-state index in [9.17, 15) is 0 Å². The molecule has 2 aromatic rings. The zero-order chi connectivity index (χ0) is 17.1. The second-order valence-corrected chi connectivity index (χ2v) is 24.5. The fraction of sp³-hybridized carbons (Fsp3) is 0.238. The molecule has 2 unspecified atom stereocenters. The van der Waals surface area contributed by atoms with Crippen LogP contribution in [-0.4, -0.2) is 17.6 Å². The van der Waals surface area contributed by atoms with Crippen molar-refractivity contribution in [2.45, 2.75) is 20.3 Å². The Kier molecular flexibility index (Phi) is 5.86. The van der Waals surface area contributed by atoms with Gasteiger partial charge in [-0.2, -0.15) is 0 Å². The second kappa shape index (κ2) is 7.91. The molecule has 0 fully saturated rings. The molecule has 0 saturated carbocycles. The van der Waals surface area contributed by atoms with E-state index in [0.717, 1.165) is 14.4 Å². The van der Waals surface area contributed by atoms with Crippen LogP contribution in [0.25, 0.3) is 12.2 Å². The summed E-state index contributed by atoms with van der Waals surface area (Å²) in [5.74, 6) is 0. The van der Waals surface area contributed by atoms with Crippen molar-refractivity contribution in [1.82, 2.24) is 0 Å². The van der Waals surface area contributed by atoms with E-state index < -0.39 is 20.4 Å². The van der Waals surface area contributed by atoms with Crippen molar-refractivity contribution in [2.24, 2.45) is 0 Å². The molecule has 0 spiro atoms. The predicted molar refractivity (Wildman–Crippen MR) is 102 cm³/mol. The predicted octanol–water partition coefficient (Wildman–Crippen LogP) is 5.00. The van der Waals surface area contributed by atoms with Gasteiger partial charge in [0.05, 0.1) is 0 Å². The quantitative estimate of drug-likeness (QED) is 0.690. The Bertz CT molecular complexity index is 768. The van der Waals surface area contributed by atoms with Gasteiger partial charge in [0, 0.05) is 7.11 Å². The molecule has 24 heavy (non-hydrogen) atoms. The Hall–Kier alpha value is -1.02. The van der Waals surface area contributed by atoms with Crippen molar-refractivity contribution in [3.8, 4) is 0 Å². The van der Waals surface area contributed by atoms with E-state index in [0.29, 0.717) is 0 Å². The fourth-order valence-corrected chi connectivity index (χ4v) is 22.6. The van der Waals surface area contributed by atoms with Crippen LogP contribution in [0.5, 0.6) is 0 Å². The Balaban J connectivity index is 0.000000815. The number of rotatable bonds is 2. The minimum absolute atomic E-state index is 0.228. The minimum atomic E-state index is -1.65. The van der Waals surface area contributed by atoms with Gasteiger partial charge in [-0.25, -0.2) is 0 Å². The topological polar surface area (TPSA) is 20.2 Å². The van der Waals surface area contributed by atoms with Gasteiger partial charge in [-0.15, -0.1) is 0 Å². The molecule has 2 aromatic carbocycles. The van der Waals surface area contributed by atoms with E-state index in [2.05, 4.69) is 85.9 Å². The zero-order valence-electron chi connectivity index (χ0n) is 14.5. The van der Waals surface area contributed by atoms with Gasteiger partial charge < -0.3 is 5.11 Å². The molecule has 0 radical (unpaired) electrons. The van der Waals surface area contributed by atoms with Crippen LogP contribution >= 0.6 is 0 Å². The van der Waals surface area contributed by atoms with Crippen LogP contribution in [0.1, 0.15) is 29.5 Å². The van der Waals surface area contributed by atoms with Gasteiger partial charge in [0.1, 0.15) is 0 Å². The molecule has 3 heteroatoms. The average molecular weight is 412 g/mol. The number of aliphatic hydroxyl groups excluding tert-OH is 1. The van der Waals surface area contributed by atoms with E-state index in [1.54, 1.807) is 11.1 Å². The maximum atomic E-state index is 7.00. The van der Waals surface area contributed by atoms with Gasteiger partial charge in [-0.05, 0) is 0 Å². The van der Waals surface area contributed by atoms with Crippen LogP contribution in [0.4, 0.5) is 0 Å². The molecular formula is C21H24OSiZr. The van der Waals surface area contributed by atoms with Gasteiger partial charge in [0.2, 0.25) is 0 Å². The van der Waals surface area contributed by atoms with E-state index in [1.165, 1.54) is 11.1 Å². The molecule has 0 aliphatic heterocycles. The normalized spacial score (nSPS) is 19.3. The molecular weight excluding hydrogens is 388 g/mol. The number of hydrogen-bond acceptors (Lipinski definition) is 1. The summed E-state index contributed by atoms with van der Waals surface area (Å²) in [5, 5.41) is 7.00. The molecule has 2 atom stereocenters. The maximum absolute atomic E-state index is 7.00. The zero-order valence-corrected chi connectivity index (χ0v) is 18.0. The molecule has 0 aromatic heterocycles. The molecule has 1 N–H and O–H groups in total. The average Bonchev–Trinajstić information content (AvgIpc) is 3.22. The van der Waals surface area contributed by atoms with E-state index in [1.807, 2.05) is 0 Å². The molecule has 1 nitrogen and oxygen atoms in total. The first kappa shape index (κ1) is 17.8. The summed E-state index contributed by atoms with van der Waals surface area (Å²) in [6, 6.07) is 18.1. The first-order valence-electron chi connectivity index (χ1n) is 8.42. The molecule has 2 aliphatic carbocycles. The Morgan fingerprint density at radius 1 is 0.750 bits per heavy atom. The van der Waals surface area contributed by atoms with Crippen molar-refractivity contribution < 1.29 is 25.5 Å². The number of allylic oxidation sites excluding steroid dienone is 2. The molecule has 0 heterocycles. The third-order valence-corrected chi connectivity index (χ3v) is 24.0. The Labute approximate surface area is 153 Å². The van der Waals surface area contributed by atoms with Crippen molar-refractivity contribution in [1.29, 1.82) is 0 Å². The summed E-state index contributed by atoms with van der Waals surface area (Å²) < 4.78 is 1.53. The Morgan fingerprint density at radius 2 is 1.17 bits per heavy atom. The third-order valence-electron chi connectivity index (χ3n) is 4.85. The van der Waals surface area contributed by atoms with Crippen LogP contribution in [0.15, 0.2) is 60.7 Å². The van der Waals surface area contributed by atoms with E-state index in [-0.39, 0.29) is 5.43 Å². The second-order valence-electron chi connectivity index (χ2n) is 6.39. The van der Waals surface area contributed by atoms with Crippen LogP contribution in [0, 0.1) is 0 Å². The van der Waals surface area contributed by atoms with Gasteiger partial charge in [-0.1, -0.05) is 0 Å². The third kappa shape index (κ3) is 3.22. The Morgan fingerprint density at radius 3 is 1.58 bits per heavy atom. The summed E-state index contributed by atoms with van der Waals surface area (Å²) >= 11 is -1.65. The van der Waals surface area contributed by atoms with Crippen LogP contribution in [0.2, 0.25) is 13.1 Å². The first-order valence-corrected chi connectivity index (χ1v) is 17.4. The molecule has 0 amide bonds. The van der Waals surface area contributed by atoms with Crippen molar-refractivity contribution >= 4 is 17.6 Å². The number of hydrogen-bond donors (Lipinski definition) is 1. The summed E-state index contributed by atoms with van der Waals surface area (Å²) in [6.45, 7) is 5.12.